The number of hydrogen-bond acceptors (Lipinski definition) is 4. The third-order valence-electron chi connectivity index (χ3n) is 3.32. The number of carbonyl (C=O) groups is 1. The van der Waals surface area contributed by atoms with Crippen LogP contribution in [0.2, 0.25) is 5.02 Å². The molecule has 0 atom stereocenters. The minimum Gasteiger partial charge on any atom is -0.482 e. The number of nitrogens with one attached hydrogen (secondary N) is 2. The number of hydrogen-bond donors (Lipinski definition) is 2. The lowest BCUT2D eigenvalue weighted by atomic mass is 10.3. The van der Waals surface area contributed by atoms with Crippen LogP contribution in [0.25, 0.3) is 0 Å². The molecule has 0 aliphatic carbocycles. The van der Waals surface area contributed by atoms with Crippen molar-refractivity contribution in [3.05, 3.63) is 53.1 Å². The maximum Gasteiger partial charge on any atom is 0.262 e. The maximum absolute atomic E-state index is 13.5. The molecule has 146 valence electrons. The topological polar surface area (TPSA) is 84.5 Å². The lowest BCUT2D eigenvalue weighted by Gasteiger charge is -2.11. The number of carbonyl (C=O) groups excluding carboxylic acids is 1. The summed E-state index contributed by atoms with van der Waals surface area (Å²) in [4.78, 5) is 11.8. The highest BCUT2D eigenvalue weighted by atomic mass is 35.5. The van der Waals surface area contributed by atoms with Gasteiger partial charge in [0.15, 0.2) is 6.61 Å². The fourth-order valence-corrected chi connectivity index (χ4v) is 3.47. The second-order valence-electron chi connectivity index (χ2n) is 5.45. The van der Waals surface area contributed by atoms with Crippen molar-refractivity contribution in [2.75, 3.05) is 18.5 Å². The van der Waals surface area contributed by atoms with Crippen molar-refractivity contribution in [2.45, 2.75) is 18.2 Å². The average Bonchev–Trinajstić information content (AvgIpc) is 2.62. The molecule has 1 amide bonds. The Balaban J connectivity index is 2.01. The molecule has 0 radical (unpaired) electrons. The van der Waals surface area contributed by atoms with E-state index in [4.69, 9.17) is 16.3 Å². The molecule has 0 spiro atoms. The summed E-state index contributed by atoms with van der Waals surface area (Å²) < 4.78 is 58.3. The van der Waals surface area contributed by atoms with Crippen LogP contribution in [0.5, 0.6) is 5.75 Å². The van der Waals surface area contributed by atoms with Gasteiger partial charge in [0, 0.05) is 12.6 Å². The second kappa shape index (κ2) is 9.12. The summed E-state index contributed by atoms with van der Waals surface area (Å²) in [6.45, 7) is 1.58. The number of rotatable bonds is 8. The number of anilines is 1. The SMILES string of the molecule is CCCNS(=O)(=O)c1ccc(OCC(=O)Nc2cc(F)ccc2F)c(Cl)c1. The summed E-state index contributed by atoms with van der Waals surface area (Å²) in [5.74, 6) is -2.17. The van der Waals surface area contributed by atoms with Crippen molar-refractivity contribution in [1.29, 1.82) is 0 Å². The molecule has 2 N–H and O–H groups in total. The molecule has 0 unspecified atom stereocenters. The zero-order valence-corrected chi connectivity index (χ0v) is 15.8. The largest absolute Gasteiger partial charge is 0.482 e. The Morgan fingerprint density at radius 3 is 2.59 bits per heavy atom. The van der Waals surface area contributed by atoms with E-state index in [1.54, 1.807) is 0 Å². The van der Waals surface area contributed by atoms with Crippen molar-refractivity contribution < 1.29 is 26.7 Å². The van der Waals surface area contributed by atoms with Gasteiger partial charge >= 0.3 is 0 Å². The maximum atomic E-state index is 13.5. The summed E-state index contributed by atoms with van der Waals surface area (Å²) >= 11 is 6.00. The van der Waals surface area contributed by atoms with Crippen LogP contribution in [0.15, 0.2) is 41.3 Å². The summed E-state index contributed by atoms with van der Waals surface area (Å²) in [5, 5.41) is 2.16. The van der Waals surface area contributed by atoms with Crippen molar-refractivity contribution in [2.24, 2.45) is 0 Å². The highest BCUT2D eigenvalue weighted by Gasteiger charge is 2.16. The molecule has 27 heavy (non-hydrogen) atoms. The highest BCUT2D eigenvalue weighted by molar-refractivity contribution is 7.89. The minimum atomic E-state index is -3.69. The highest BCUT2D eigenvalue weighted by Crippen LogP contribution is 2.27. The molecule has 0 bridgehead atoms. The Morgan fingerprint density at radius 2 is 1.93 bits per heavy atom. The lowest BCUT2D eigenvalue weighted by molar-refractivity contribution is -0.118. The Hall–Kier alpha value is -2.23. The number of sulfonamides is 1. The quantitative estimate of drug-likeness (QED) is 0.688. The summed E-state index contributed by atoms with van der Waals surface area (Å²) in [5.41, 5.74) is -0.321. The average molecular weight is 419 g/mol. The van der Waals surface area contributed by atoms with Crippen LogP contribution in [-0.2, 0) is 14.8 Å². The monoisotopic (exact) mass is 418 g/mol. The van der Waals surface area contributed by atoms with Gasteiger partial charge in [-0.15, -0.1) is 0 Å². The summed E-state index contributed by atoms with van der Waals surface area (Å²) in [7, 11) is -3.69. The fourth-order valence-electron chi connectivity index (χ4n) is 2.01. The molecule has 0 aliphatic heterocycles. The van der Waals surface area contributed by atoms with Crippen molar-refractivity contribution in [1.82, 2.24) is 4.72 Å². The van der Waals surface area contributed by atoms with Crippen molar-refractivity contribution >= 4 is 33.2 Å². The molecule has 6 nitrogen and oxygen atoms in total. The second-order valence-corrected chi connectivity index (χ2v) is 7.63. The predicted molar refractivity (Wildman–Crippen MR) is 97.4 cm³/mol. The van der Waals surface area contributed by atoms with Gasteiger partial charge in [-0.3, -0.25) is 4.79 Å². The number of ether oxygens (including phenoxy) is 1. The van der Waals surface area contributed by atoms with Crippen LogP contribution >= 0.6 is 11.6 Å². The fraction of sp³-hybridized carbons (Fsp3) is 0.235. The zero-order chi connectivity index (χ0) is 20.0. The molecule has 0 aromatic heterocycles. The van der Waals surface area contributed by atoms with Crippen LogP contribution in [0.4, 0.5) is 14.5 Å². The van der Waals surface area contributed by atoms with Gasteiger partial charge in [0.2, 0.25) is 10.0 Å². The van der Waals surface area contributed by atoms with E-state index in [0.29, 0.717) is 6.42 Å². The molecule has 0 heterocycles. The first-order valence-corrected chi connectivity index (χ1v) is 9.76. The van der Waals surface area contributed by atoms with Gasteiger partial charge in [-0.25, -0.2) is 21.9 Å². The Kier molecular flexibility index (Phi) is 7.11. The minimum absolute atomic E-state index is 0.0147. The normalized spacial score (nSPS) is 11.3. The van der Waals surface area contributed by atoms with Gasteiger partial charge in [-0.1, -0.05) is 18.5 Å². The van der Waals surface area contributed by atoms with E-state index < -0.39 is 34.2 Å². The first kappa shape index (κ1) is 21.1. The van der Waals surface area contributed by atoms with Gasteiger partial charge < -0.3 is 10.1 Å². The summed E-state index contributed by atoms with van der Waals surface area (Å²) in [6.07, 6.45) is 0.634. The van der Waals surface area contributed by atoms with Gasteiger partial charge in [-0.05, 0) is 36.8 Å². The molecule has 0 fully saturated rings. The van der Waals surface area contributed by atoms with Crippen molar-refractivity contribution in [3.8, 4) is 5.75 Å². The van der Waals surface area contributed by atoms with Gasteiger partial charge in [-0.2, -0.15) is 0 Å². The molecule has 10 heteroatoms. The Morgan fingerprint density at radius 1 is 1.19 bits per heavy atom. The van der Waals surface area contributed by atoms with Gasteiger partial charge in [0.25, 0.3) is 5.91 Å². The molecule has 2 aromatic rings. The third kappa shape index (κ3) is 5.88. The van der Waals surface area contributed by atoms with E-state index in [9.17, 15) is 22.0 Å². The molecular formula is C17H17ClF2N2O4S. The van der Waals surface area contributed by atoms with Crippen LogP contribution in [0.1, 0.15) is 13.3 Å². The third-order valence-corrected chi connectivity index (χ3v) is 5.07. The smallest absolute Gasteiger partial charge is 0.262 e. The summed E-state index contributed by atoms with van der Waals surface area (Å²) in [6, 6.07) is 6.42. The number of benzene rings is 2. The number of amides is 1. The van der Waals surface area contributed by atoms with E-state index in [2.05, 4.69) is 10.0 Å². The van der Waals surface area contributed by atoms with E-state index in [-0.39, 0.29) is 27.9 Å². The van der Waals surface area contributed by atoms with Gasteiger partial charge in [0.1, 0.15) is 17.4 Å². The Bertz CT molecular complexity index is 939. The molecule has 0 saturated heterocycles. The van der Waals surface area contributed by atoms with E-state index >= 15 is 0 Å². The standard InChI is InChI=1S/C17H17ClF2N2O4S/c1-2-7-21-27(24,25)12-4-6-16(13(18)9-12)26-10-17(23)22-15-8-11(19)3-5-14(15)20/h3-6,8-9,21H,2,7,10H2,1H3,(H,22,23). The predicted octanol–water partition coefficient (Wildman–Crippen LogP) is 3.32. The van der Waals surface area contributed by atoms with Crippen LogP contribution in [-0.4, -0.2) is 27.5 Å². The lowest BCUT2D eigenvalue weighted by Crippen LogP contribution is -2.24. The zero-order valence-electron chi connectivity index (χ0n) is 14.3. The number of halogens is 3. The van der Waals surface area contributed by atoms with E-state index in [1.807, 2.05) is 6.92 Å². The molecule has 2 rings (SSSR count). The van der Waals surface area contributed by atoms with Crippen LogP contribution < -0.4 is 14.8 Å². The van der Waals surface area contributed by atoms with Crippen LogP contribution in [0, 0.1) is 11.6 Å². The van der Waals surface area contributed by atoms with Crippen LogP contribution in [0.3, 0.4) is 0 Å². The first-order chi connectivity index (χ1) is 12.7. The van der Waals surface area contributed by atoms with Crippen molar-refractivity contribution in [3.63, 3.8) is 0 Å². The molecule has 0 saturated carbocycles. The Labute approximate surface area is 160 Å². The van der Waals surface area contributed by atoms with Gasteiger partial charge in [0.05, 0.1) is 15.6 Å². The van der Waals surface area contributed by atoms with E-state index in [1.165, 1.54) is 18.2 Å². The first-order valence-electron chi connectivity index (χ1n) is 7.90. The molecule has 0 aliphatic rings. The molecular weight excluding hydrogens is 402 g/mol. The molecule has 2 aromatic carbocycles. The van der Waals surface area contributed by atoms with E-state index in [0.717, 1.165) is 18.2 Å².